The minimum Gasteiger partial charge on any atom is -0.295 e. The van der Waals surface area contributed by atoms with Crippen molar-refractivity contribution in [2.45, 2.75) is 13.3 Å². The van der Waals surface area contributed by atoms with Gasteiger partial charge in [-0.05, 0) is 36.8 Å². The lowest BCUT2D eigenvalue weighted by molar-refractivity contribution is 0.101. The normalized spacial score (nSPS) is 10.1. The number of ketones is 1. The fourth-order valence-electron chi connectivity index (χ4n) is 1.98. The smallest absolute Gasteiger partial charge is 0.271 e. The molecule has 3 nitrogen and oxygen atoms in total. The highest BCUT2D eigenvalue weighted by Gasteiger charge is 2.10. The maximum absolute atomic E-state index is 12.7. The van der Waals surface area contributed by atoms with Crippen LogP contribution in [0.3, 0.4) is 0 Å². The molecule has 0 aliphatic rings. The number of Topliss-reactive ketones (excluding diaryl/α,β-unsaturated/α-hetero) is 1. The van der Waals surface area contributed by atoms with Crippen molar-refractivity contribution in [3.63, 3.8) is 0 Å². The molecule has 26 heavy (non-hydrogen) atoms. The fourth-order valence-corrected chi connectivity index (χ4v) is 2.35. The summed E-state index contributed by atoms with van der Waals surface area (Å²) in [5, 5.41) is 0.425. The maximum atomic E-state index is 12.7. The summed E-state index contributed by atoms with van der Waals surface area (Å²) in [6.45, 7) is 4.24. The van der Waals surface area contributed by atoms with E-state index in [1.165, 1.54) is 6.92 Å². The number of hydrogen-bond acceptors (Lipinski definition) is 3. The van der Waals surface area contributed by atoms with E-state index >= 15 is 0 Å². The molecular weight excluding hydrogens is 351 g/mol. The van der Waals surface area contributed by atoms with Crippen LogP contribution < -0.4 is 0 Å². The van der Waals surface area contributed by atoms with Gasteiger partial charge in [-0.1, -0.05) is 48.6 Å². The lowest BCUT2D eigenvalue weighted by atomic mass is 10.1. The van der Waals surface area contributed by atoms with Crippen LogP contribution in [-0.2, 0) is 16.3 Å². The lowest BCUT2D eigenvalue weighted by Gasteiger charge is -1.97. The van der Waals surface area contributed by atoms with Gasteiger partial charge in [0.25, 0.3) is 9.84 Å². The molecule has 0 fully saturated rings. The second-order valence-electron chi connectivity index (χ2n) is 5.40. The monoisotopic (exact) mass is 366 g/mol. The van der Waals surface area contributed by atoms with Crippen LogP contribution in [0.25, 0.3) is 0 Å². The third-order valence-electron chi connectivity index (χ3n) is 3.36. The highest BCUT2D eigenvalue weighted by molar-refractivity contribution is 7.99. The molecule has 0 bridgehead atoms. The first kappa shape index (κ1) is 19.2. The first-order valence-corrected chi connectivity index (χ1v) is 9.07. The van der Waals surface area contributed by atoms with Crippen molar-refractivity contribution >= 4 is 15.6 Å². The van der Waals surface area contributed by atoms with Gasteiger partial charge in [-0.3, -0.25) is 4.79 Å². The number of carbonyl (C=O) groups is 1. The Hall–Kier alpha value is -3.15. The number of halogens is 1. The van der Waals surface area contributed by atoms with Crippen LogP contribution in [0.15, 0.2) is 60.3 Å². The molecule has 0 N–H and O–H groups in total. The van der Waals surface area contributed by atoms with Gasteiger partial charge in [-0.15, -0.1) is 0 Å². The van der Waals surface area contributed by atoms with Crippen molar-refractivity contribution in [2.75, 3.05) is 0 Å². The van der Waals surface area contributed by atoms with E-state index in [0.29, 0.717) is 5.56 Å². The largest absolute Gasteiger partial charge is 0.295 e. The van der Waals surface area contributed by atoms with Crippen LogP contribution >= 0.6 is 0 Å². The van der Waals surface area contributed by atoms with E-state index in [0.717, 1.165) is 16.7 Å². The van der Waals surface area contributed by atoms with Crippen molar-refractivity contribution in [3.8, 4) is 23.0 Å². The van der Waals surface area contributed by atoms with Gasteiger partial charge in [0.2, 0.25) is 5.16 Å². The molecule has 0 aliphatic heterocycles. The average Bonchev–Trinajstić information content (AvgIpc) is 2.60. The van der Waals surface area contributed by atoms with Crippen LogP contribution in [-0.4, -0.2) is 14.2 Å². The quantitative estimate of drug-likeness (QED) is 0.473. The lowest BCUT2D eigenvalue weighted by Crippen LogP contribution is -1.94. The maximum Gasteiger partial charge on any atom is 0.271 e. The molecule has 0 saturated carbocycles. The highest BCUT2D eigenvalue weighted by atomic mass is 32.2. The zero-order valence-corrected chi connectivity index (χ0v) is 14.9. The van der Waals surface area contributed by atoms with Crippen LogP contribution in [0.2, 0.25) is 0 Å². The van der Waals surface area contributed by atoms with Crippen LogP contribution in [0.4, 0.5) is 4.39 Å². The molecule has 0 radical (unpaired) electrons. The molecule has 2 rings (SSSR count). The van der Waals surface area contributed by atoms with Gasteiger partial charge in [-0.25, -0.2) is 8.42 Å². The fraction of sp³-hybridized carbons (Fsp3) is 0.0952. The number of sulfone groups is 1. The van der Waals surface area contributed by atoms with Crippen LogP contribution in [0, 0.1) is 23.0 Å². The van der Waals surface area contributed by atoms with E-state index in [2.05, 4.69) is 24.3 Å². The predicted molar refractivity (Wildman–Crippen MR) is 99.5 cm³/mol. The Labute approximate surface area is 152 Å². The van der Waals surface area contributed by atoms with Gasteiger partial charge in [0.15, 0.2) is 5.78 Å². The van der Waals surface area contributed by atoms with E-state index in [1.54, 1.807) is 42.5 Å². The zero-order valence-electron chi connectivity index (χ0n) is 14.0. The van der Waals surface area contributed by atoms with E-state index < -0.39 is 15.0 Å². The number of benzene rings is 2. The Bertz CT molecular complexity index is 1070. The van der Waals surface area contributed by atoms with E-state index in [-0.39, 0.29) is 12.2 Å². The summed E-state index contributed by atoms with van der Waals surface area (Å²) in [5.74, 6) is 8.41. The summed E-state index contributed by atoms with van der Waals surface area (Å²) in [4.78, 5) is 11.2. The molecule has 0 heterocycles. The Morgan fingerprint density at radius 2 is 1.73 bits per heavy atom. The second-order valence-corrected chi connectivity index (χ2v) is 7.05. The summed E-state index contributed by atoms with van der Waals surface area (Å²) in [6.07, 6.45) is 0.148. The van der Waals surface area contributed by atoms with Crippen molar-refractivity contribution in [1.29, 1.82) is 0 Å². The Morgan fingerprint density at radius 1 is 1.08 bits per heavy atom. The first-order chi connectivity index (χ1) is 12.3. The minimum atomic E-state index is -4.21. The highest BCUT2D eigenvalue weighted by Crippen LogP contribution is 2.08. The van der Waals surface area contributed by atoms with Gasteiger partial charge in [0.1, 0.15) is 0 Å². The van der Waals surface area contributed by atoms with Crippen molar-refractivity contribution in [3.05, 3.63) is 82.5 Å². The van der Waals surface area contributed by atoms with E-state index in [1.807, 2.05) is 11.3 Å². The van der Waals surface area contributed by atoms with Crippen molar-refractivity contribution in [2.24, 2.45) is 0 Å². The van der Waals surface area contributed by atoms with Crippen LogP contribution in [0.1, 0.15) is 34.0 Å². The molecule has 2 aromatic carbocycles. The predicted octanol–water partition coefficient (Wildman–Crippen LogP) is 3.65. The van der Waals surface area contributed by atoms with Gasteiger partial charge < -0.3 is 0 Å². The minimum absolute atomic E-state index is 0.00308. The Morgan fingerprint density at radius 3 is 2.35 bits per heavy atom. The topological polar surface area (TPSA) is 51.2 Å². The summed E-state index contributed by atoms with van der Waals surface area (Å²) in [6, 6.07) is 14.1. The zero-order chi connectivity index (χ0) is 19.2. The SMILES string of the molecule is C=C(F)S(=O)(=O)C#CCc1cccc(C#Cc2ccc(C(C)=O)cc2)c1. The molecule has 0 spiro atoms. The third kappa shape index (κ3) is 5.44. The van der Waals surface area contributed by atoms with E-state index in [9.17, 15) is 17.6 Å². The summed E-state index contributed by atoms with van der Waals surface area (Å²) < 4.78 is 35.1. The molecular formula is C21H15FO3S. The molecule has 130 valence electrons. The number of hydrogen-bond donors (Lipinski definition) is 0. The average molecular weight is 366 g/mol. The molecule has 0 aromatic heterocycles. The molecule has 0 aliphatic carbocycles. The number of carbonyl (C=O) groups excluding carboxylic acids is 1. The molecule has 5 heteroatoms. The van der Waals surface area contributed by atoms with Gasteiger partial charge in [0, 0.05) is 28.4 Å². The summed E-state index contributed by atoms with van der Waals surface area (Å²) in [5.41, 5.74) is 2.89. The second kappa shape index (κ2) is 8.29. The first-order valence-electron chi connectivity index (χ1n) is 7.59. The molecule has 0 atom stereocenters. The third-order valence-corrected chi connectivity index (χ3v) is 4.36. The molecule has 0 saturated heterocycles. The van der Waals surface area contributed by atoms with Gasteiger partial charge in [-0.2, -0.15) is 4.39 Å². The van der Waals surface area contributed by atoms with Crippen LogP contribution in [0.5, 0.6) is 0 Å². The molecule has 2 aromatic rings. The molecule has 0 unspecified atom stereocenters. The molecule has 0 amide bonds. The van der Waals surface area contributed by atoms with Gasteiger partial charge >= 0.3 is 0 Å². The number of rotatable bonds is 3. The summed E-state index contributed by atoms with van der Waals surface area (Å²) in [7, 11) is -4.21. The van der Waals surface area contributed by atoms with Crippen molar-refractivity contribution < 1.29 is 17.6 Å². The Kier molecular flexibility index (Phi) is 6.11. The van der Waals surface area contributed by atoms with E-state index in [4.69, 9.17) is 0 Å². The Balaban J connectivity index is 2.14. The van der Waals surface area contributed by atoms with Gasteiger partial charge in [0.05, 0.1) is 0 Å². The standard InChI is InChI=1S/C21H15FO3S/c1-16(23)21-12-10-18(11-13-21)8-9-20-6-3-5-19(15-20)7-4-14-26(24,25)17(2)22/h3,5-6,10-13,15H,2,7H2,1H3. The summed E-state index contributed by atoms with van der Waals surface area (Å²) >= 11 is 0. The van der Waals surface area contributed by atoms with Crippen molar-refractivity contribution in [1.82, 2.24) is 0 Å².